The molecule has 0 bridgehead atoms. The van der Waals surface area contributed by atoms with E-state index in [-0.39, 0.29) is 24.5 Å². The van der Waals surface area contributed by atoms with Crippen LogP contribution in [0, 0.1) is 0 Å². The van der Waals surface area contributed by atoms with Gasteiger partial charge in [0, 0.05) is 18.3 Å². The van der Waals surface area contributed by atoms with Gasteiger partial charge in [0.05, 0.1) is 12.3 Å². The summed E-state index contributed by atoms with van der Waals surface area (Å²) < 4.78 is 6.74. The van der Waals surface area contributed by atoms with E-state index in [1.165, 1.54) is 4.90 Å². The molecule has 0 fully saturated rings. The molecule has 0 atom stereocenters. The van der Waals surface area contributed by atoms with Crippen molar-refractivity contribution in [3.63, 3.8) is 0 Å². The molecule has 0 aliphatic rings. The molecule has 1 amide bonds. The standard InChI is InChI=1S/C15H25N3O3/c1-6-21-14(19)9-18(11(4)5)15(20)13-7-12(16)8-17(13)10(2)3/h7-8,10-11H,6,9,16H2,1-5H3. The molecule has 0 spiro atoms. The van der Waals surface area contributed by atoms with Gasteiger partial charge in [-0.3, -0.25) is 9.59 Å². The van der Waals surface area contributed by atoms with Crippen molar-refractivity contribution in [1.29, 1.82) is 0 Å². The summed E-state index contributed by atoms with van der Waals surface area (Å²) in [6, 6.07) is 1.64. The molecular weight excluding hydrogens is 270 g/mol. The summed E-state index contributed by atoms with van der Waals surface area (Å²) in [5, 5.41) is 0. The minimum atomic E-state index is -0.407. The summed E-state index contributed by atoms with van der Waals surface area (Å²) in [4.78, 5) is 25.9. The van der Waals surface area contributed by atoms with Gasteiger partial charge in [-0.25, -0.2) is 0 Å². The van der Waals surface area contributed by atoms with Crippen molar-refractivity contribution in [1.82, 2.24) is 9.47 Å². The third-order valence-corrected chi connectivity index (χ3v) is 3.13. The van der Waals surface area contributed by atoms with Gasteiger partial charge in [0.1, 0.15) is 12.2 Å². The van der Waals surface area contributed by atoms with Gasteiger partial charge in [0.15, 0.2) is 0 Å². The number of hydrogen-bond donors (Lipinski definition) is 1. The number of nitrogens with zero attached hydrogens (tertiary/aromatic N) is 2. The number of anilines is 1. The monoisotopic (exact) mass is 295 g/mol. The normalized spacial score (nSPS) is 11.0. The summed E-state index contributed by atoms with van der Waals surface area (Å²) in [5.74, 6) is -0.626. The van der Waals surface area contributed by atoms with Crippen molar-refractivity contribution in [3.05, 3.63) is 18.0 Å². The van der Waals surface area contributed by atoms with Crippen LogP contribution in [0.25, 0.3) is 0 Å². The molecular formula is C15H25N3O3. The molecule has 118 valence electrons. The zero-order valence-electron chi connectivity index (χ0n) is 13.4. The number of rotatable bonds is 6. The Morgan fingerprint density at radius 3 is 2.43 bits per heavy atom. The van der Waals surface area contributed by atoms with E-state index in [1.54, 1.807) is 19.2 Å². The van der Waals surface area contributed by atoms with Gasteiger partial charge in [-0.2, -0.15) is 0 Å². The molecule has 1 aromatic heterocycles. The highest BCUT2D eigenvalue weighted by Gasteiger charge is 2.25. The van der Waals surface area contributed by atoms with Crippen molar-refractivity contribution in [2.45, 2.75) is 46.7 Å². The van der Waals surface area contributed by atoms with Crippen molar-refractivity contribution in [2.75, 3.05) is 18.9 Å². The van der Waals surface area contributed by atoms with Crippen LogP contribution in [0.5, 0.6) is 0 Å². The molecule has 2 N–H and O–H groups in total. The van der Waals surface area contributed by atoms with Gasteiger partial charge >= 0.3 is 5.97 Å². The number of ether oxygens (including phenoxy) is 1. The van der Waals surface area contributed by atoms with Gasteiger partial charge in [0.25, 0.3) is 5.91 Å². The molecule has 0 aromatic carbocycles. The maximum atomic E-state index is 12.7. The number of carbonyl (C=O) groups is 2. The number of hydrogen-bond acceptors (Lipinski definition) is 4. The molecule has 0 aliphatic carbocycles. The van der Waals surface area contributed by atoms with Crippen molar-refractivity contribution >= 4 is 17.6 Å². The molecule has 0 radical (unpaired) electrons. The molecule has 0 aliphatic heterocycles. The van der Waals surface area contributed by atoms with E-state index in [0.717, 1.165) is 0 Å². The lowest BCUT2D eigenvalue weighted by Crippen LogP contribution is -2.42. The molecule has 21 heavy (non-hydrogen) atoms. The first kappa shape index (κ1) is 17.1. The van der Waals surface area contributed by atoms with Crippen molar-refractivity contribution in [2.24, 2.45) is 0 Å². The molecule has 1 heterocycles. The number of aromatic nitrogens is 1. The second-order valence-corrected chi connectivity index (χ2v) is 5.49. The lowest BCUT2D eigenvalue weighted by molar-refractivity contribution is -0.144. The number of nitrogens with two attached hydrogens (primary N) is 1. The number of carbonyl (C=O) groups excluding carboxylic acids is 2. The Kier molecular flexibility index (Phi) is 5.81. The summed E-state index contributed by atoms with van der Waals surface area (Å²) in [6.45, 7) is 9.65. The summed E-state index contributed by atoms with van der Waals surface area (Å²) in [6.07, 6.45) is 1.74. The Labute approximate surface area is 125 Å². The van der Waals surface area contributed by atoms with E-state index in [9.17, 15) is 9.59 Å². The first-order valence-corrected chi connectivity index (χ1v) is 7.21. The quantitative estimate of drug-likeness (QED) is 0.815. The fourth-order valence-corrected chi connectivity index (χ4v) is 2.08. The van der Waals surface area contributed by atoms with Crippen LogP contribution in [0.3, 0.4) is 0 Å². The third kappa shape index (κ3) is 4.24. The summed E-state index contributed by atoms with van der Waals surface area (Å²) >= 11 is 0. The van der Waals surface area contributed by atoms with E-state index in [1.807, 2.05) is 32.3 Å². The van der Waals surface area contributed by atoms with Crippen molar-refractivity contribution < 1.29 is 14.3 Å². The van der Waals surface area contributed by atoms with E-state index in [0.29, 0.717) is 18.0 Å². The van der Waals surface area contributed by atoms with E-state index < -0.39 is 5.97 Å². The molecule has 1 rings (SSSR count). The maximum absolute atomic E-state index is 12.7. The second kappa shape index (κ2) is 7.15. The Bertz CT molecular complexity index is 506. The van der Waals surface area contributed by atoms with Crippen LogP contribution < -0.4 is 5.73 Å². The van der Waals surface area contributed by atoms with Crippen LogP contribution in [0.4, 0.5) is 5.69 Å². The molecule has 0 saturated carbocycles. The number of nitrogen functional groups attached to an aromatic ring is 1. The van der Waals surface area contributed by atoms with Crippen LogP contribution in [-0.4, -0.2) is 40.5 Å². The van der Waals surface area contributed by atoms with Crippen LogP contribution in [0.1, 0.15) is 51.1 Å². The largest absolute Gasteiger partial charge is 0.465 e. The average Bonchev–Trinajstić information content (AvgIpc) is 2.77. The van der Waals surface area contributed by atoms with Crippen LogP contribution in [0.2, 0.25) is 0 Å². The smallest absolute Gasteiger partial charge is 0.325 e. The van der Waals surface area contributed by atoms with Crippen molar-refractivity contribution in [3.8, 4) is 0 Å². The summed E-state index contributed by atoms with van der Waals surface area (Å²) in [5.41, 5.74) is 6.82. The molecule has 0 saturated heterocycles. The van der Waals surface area contributed by atoms with E-state index in [2.05, 4.69) is 0 Å². The van der Waals surface area contributed by atoms with E-state index in [4.69, 9.17) is 10.5 Å². The zero-order chi connectivity index (χ0) is 16.2. The lowest BCUT2D eigenvalue weighted by atomic mass is 10.2. The highest BCUT2D eigenvalue weighted by molar-refractivity contribution is 5.95. The molecule has 6 nitrogen and oxygen atoms in total. The first-order valence-electron chi connectivity index (χ1n) is 7.21. The van der Waals surface area contributed by atoms with Gasteiger partial charge < -0.3 is 19.9 Å². The van der Waals surface area contributed by atoms with Crippen LogP contribution in [0.15, 0.2) is 12.3 Å². The fraction of sp³-hybridized carbons (Fsp3) is 0.600. The lowest BCUT2D eigenvalue weighted by Gasteiger charge is -2.26. The van der Waals surface area contributed by atoms with Crippen LogP contribution in [-0.2, 0) is 9.53 Å². The van der Waals surface area contributed by atoms with Gasteiger partial charge in [-0.1, -0.05) is 0 Å². The Morgan fingerprint density at radius 1 is 1.33 bits per heavy atom. The third-order valence-electron chi connectivity index (χ3n) is 3.13. The second-order valence-electron chi connectivity index (χ2n) is 5.49. The minimum Gasteiger partial charge on any atom is -0.465 e. The topological polar surface area (TPSA) is 77.6 Å². The van der Waals surface area contributed by atoms with Crippen LogP contribution >= 0.6 is 0 Å². The zero-order valence-corrected chi connectivity index (χ0v) is 13.4. The number of esters is 1. The fourth-order valence-electron chi connectivity index (χ4n) is 2.08. The summed E-state index contributed by atoms with van der Waals surface area (Å²) in [7, 11) is 0. The van der Waals surface area contributed by atoms with Gasteiger partial charge in [-0.05, 0) is 40.7 Å². The Hall–Kier alpha value is -1.98. The molecule has 6 heteroatoms. The highest BCUT2D eigenvalue weighted by atomic mass is 16.5. The predicted octanol–water partition coefficient (Wildman–Crippen LogP) is 2.06. The number of amides is 1. The minimum absolute atomic E-state index is 0.0620. The van der Waals surface area contributed by atoms with Gasteiger partial charge in [-0.15, -0.1) is 0 Å². The Balaban J connectivity index is 3.04. The average molecular weight is 295 g/mol. The first-order chi connectivity index (χ1) is 9.77. The molecule has 0 unspecified atom stereocenters. The van der Waals surface area contributed by atoms with Gasteiger partial charge in [0.2, 0.25) is 0 Å². The molecule has 1 aromatic rings. The van der Waals surface area contributed by atoms with E-state index >= 15 is 0 Å². The highest BCUT2D eigenvalue weighted by Crippen LogP contribution is 2.19. The SMILES string of the molecule is CCOC(=O)CN(C(=O)c1cc(N)cn1C(C)C)C(C)C. The Morgan fingerprint density at radius 2 is 1.95 bits per heavy atom. The predicted molar refractivity (Wildman–Crippen MR) is 82.0 cm³/mol. The maximum Gasteiger partial charge on any atom is 0.325 e.